The Morgan fingerprint density at radius 1 is 0.244 bits per heavy atom. The molecule has 9 aromatic rings. The van der Waals surface area contributed by atoms with Gasteiger partial charge in [0.25, 0.3) is 0 Å². The standard InChI is InChI=1S/C13H23NO.5C11H20N2O.3C11H20N2S.4CH4/c1-8(2)14-13(6,7)12-9(3)10(4)15-11(12)5;1-7(2)13-11(5,6)10-8(3)14-9(4)12-10;1-7(2)13-11(5,6)10-8(3)12-9(4)14-10;1-7(2)13-11(5,6)10-12-8(3)9(4)14-10;1-7(2)12-11(5,6)10-8(3)9(4)14-13-10;1-7(2)12-11(5,6)10-8(3)9(4)13-14-10;1-7(2)13-11(5,6)10-8(3)14-9(4)12-10;1-7(2)13-11(5,6)10-8(3)12-9(4)14-10;1-7(2)13-11(5,6)10-12-8(3)9(4)14-10;;;;/h8,14H,1-7H3;3*7,13H,1-6H3;2*7,12H,1-6H3;3*7,13H,1-6H3;4*1H4. The highest BCUT2D eigenvalue weighted by molar-refractivity contribution is 7.12. The second-order valence-corrected chi connectivity index (χ2v) is 45.7. The summed E-state index contributed by atoms with van der Waals surface area (Å²) >= 11 is 5.35. The lowest BCUT2D eigenvalue weighted by Gasteiger charge is -2.29. The average Bonchev–Trinajstić information content (AvgIpc) is 1.64. The molecule has 0 saturated carbocycles. The first-order valence-corrected chi connectivity index (χ1v) is 48.5. The summed E-state index contributed by atoms with van der Waals surface area (Å²) in [5.74, 6) is 8.86. The van der Waals surface area contributed by atoms with Gasteiger partial charge in [-0.15, -0.1) is 34.0 Å². The Bertz CT molecular complexity index is 4230. The zero-order valence-electron chi connectivity index (χ0n) is 90.4. The minimum Gasteiger partial charge on any atom is -0.466 e. The van der Waals surface area contributed by atoms with Crippen molar-refractivity contribution in [3.05, 3.63) is 155 Å². The number of thiazole rings is 3. The van der Waals surface area contributed by atoms with E-state index in [0.717, 1.165) is 119 Å². The summed E-state index contributed by atoms with van der Waals surface area (Å²) < 4.78 is 32.8. The van der Waals surface area contributed by atoms with Gasteiger partial charge in [0, 0.05) is 111 Å². The minimum absolute atomic E-state index is 0. The largest absolute Gasteiger partial charge is 0.466 e. The molecule has 23 nitrogen and oxygen atoms in total. The van der Waals surface area contributed by atoms with Gasteiger partial charge in [0.05, 0.1) is 83.0 Å². The second kappa shape index (κ2) is 54.7. The quantitative estimate of drug-likeness (QED) is 0.0231. The van der Waals surface area contributed by atoms with E-state index in [1.165, 1.54) is 36.5 Å². The zero-order valence-corrected chi connectivity index (χ0v) is 92.9. The predicted octanol–water partition coefficient (Wildman–Crippen LogP) is 27.6. The van der Waals surface area contributed by atoms with E-state index in [4.69, 9.17) is 26.7 Å². The third kappa shape index (κ3) is 43.0. The Kier molecular flexibility index (Phi) is 54.8. The van der Waals surface area contributed by atoms with E-state index in [1.807, 2.05) is 83.1 Å². The van der Waals surface area contributed by atoms with Crippen LogP contribution in [0.15, 0.2) is 26.7 Å². The van der Waals surface area contributed by atoms with Crippen molar-refractivity contribution in [1.82, 2.24) is 88.1 Å². The smallest absolute Gasteiger partial charge is 0.214 e. The van der Waals surface area contributed by atoms with Crippen LogP contribution in [0.3, 0.4) is 0 Å². The highest BCUT2D eigenvalue weighted by Crippen LogP contribution is 2.36. The van der Waals surface area contributed by atoms with Gasteiger partial charge >= 0.3 is 0 Å². The number of aryl methyl sites for hydroxylation is 16. The van der Waals surface area contributed by atoms with Crippen molar-refractivity contribution in [3.63, 3.8) is 0 Å². The molecule has 9 rings (SSSR count). The number of hydrogen-bond acceptors (Lipinski definition) is 26. The van der Waals surface area contributed by atoms with Crippen LogP contribution >= 0.6 is 34.0 Å². The van der Waals surface area contributed by atoms with Gasteiger partial charge in [0.2, 0.25) is 5.89 Å². The summed E-state index contributed by atoms with van der Waals surface area (Å²) in [5, 5.41) is 43.0. The molecule has 0 unspecified atom stereocenters. The average molecular weight is 1890 g/mol. The molecule has 9 N–H and O–H groups in total. The molecule has 0 aliphatic carbocycles. The molecule has 0 atom stereocenters. The Morgan fingerprint density at radius 2 is 0.634 bits per heavy atom. The number of aromatic nitrogens is 8. The molecule has 0 fully saturated rings. The minimum atomic E-state index is -0.201. The summed E-state index contributed by atoms with van der Waals surface area (Å²) in [4.78, 5) is 30.7. The Morgan fingerprint density at radius 3 is 0.954 bits per heavy atom. The van der Waals surface area contributed by atoms with Crippen LogP contribution in [0.25, 0.3) is 0 Å². The first-order valence-electron chi connectivity index (χ1n) is 46.0. The molecule has 0 aliphatic heterocycles. The van der Waals surface area contributed by atoms with Crippen molar-refractivity contribution in [2.24, 2.45) is 0 Å². The number of nitrogens with one attached hydrogen (secondary N) is 9. The number of nitrogens with zero attached hydrogens (tertiary/aromatic N) is 8. The topological polar surface area (TPSA) is 290 Å². The third-order valence-electron chi connectivity index (χ3n) is 20.6. The molecule has 0 amide bonds. The van der Waals surface area contributed by atoms with Gasteiger partial charge in [-0.1, -0.05) is 109 Å². The van der Waals surface area contributed by atoms with Crippen LogP contribution in [0, 0.1) is 132 Å². The predicted molar refractivity (Wildman–Crippen MR) is 566 cm³/mol. The lowest BCUT2D eigenvalue weighted by molar-refractivity contribution is 0.261. The van der Waals surface area contributed by atoms with Crippen molar-refractivity contribution in [2.75, 3.05) is 0 Å². The number of rotatable bonds is 27. The highest BCUT2D eigenvalue weighted by Gasteiger charge is 2.35. The molecular formula is C105H199N17O6S3. The van der Waals surface area contributed by atoms with Gasteiger partial charge in [-0.2, -0.15) is 0 Å². The van der Waals surface area contributed by atoms with Crippen molar-refractivity contribution in [3.8, 4) is 0 Å². The number of hydrogen-bond donors (Lipinski definition) is 9. The van der Waals surface area contributed by atoms with Crippen LogP contribution in [0.2, 0.25) is 0 Å². The highest BCUT2D eigenvalue weighted by atomic mass is 32.1. The van der Waals surface area contributed by atoms with E-state index >= 15 is 0 Å². The summed E-state index contributed by atoms with van der Waals surface area (Å²) in [7, 11) is 0. The van der Waals surface area contributed by atoms with Gasteiger partial charge in [0.15, 0.2) is 17.5 Å². The number of oxazole rings is 3. The first-order chi connectivity index (χ1) is 57.4. The summed E-state index contributed by atoms with van der Waals surface area (Å²) in [6, 6.07) is 4.05. The first kappa shape index (κ1) is 131. The van der Waals surface area contributed by atoms with Crippen LogP contribution in [0.4, 0.5) is 0 Å². The molecule has 131 heavy (non-hydrogen) atoms. The van der Waals surface area contributed by atoms with Crippen molar-refractivity contribution in [1.29, 1.82) is 0 Å². The van der Waals surface area contributed by atoms with Crippen LogP contribution in [-0.4, -0.2) is 94.6 Å². The molecule has 758 valence electrons. The van der Waals surface area contributed by atoms with E-state index in [0.29, 0.717) is 54.4 Å². The molecule has 0 spiro atoms. The van der Waals surface area contributed by atoms with Crippen LogP contribution in [-0.2, 0) is 49.9 Å². The van der Waals surface area contributed by atoms with Crippen molar-refractivity contribution in [2.45, 2.75) is 515 Å². The van der Waals surface area contributed by atoms with Crippen molar-refractivity contribution >= 4 is 34.0 Å². The van der Waals surface area contributed by atoms with Gasteiger partial charge in [-0.05, 0) is 303 Å². The molecule has 0 aliphatic rings. The zero-order chi connectivity index (χ0) is 99.2. The van der Waals surface area contributed by atoms with Crippen LogP contribution in [0.5, 0.6) is 0 Å². The van der Waals surface area contributed by atoms with Crippen LogP contribution in [0.1, 0.15) is 434 Å². The molecule has 9 aromatic heterocycles. The maximum absolute atomic E-state index is 5.67. The van der Waals surface area contributed by atoms with Gasteiger partial charge in [-0.3, -0.25) is 0 Å². The summed E-state index contributed by atoms with van der Waals surface area (Å²) in [6.07, 6.45) is 0. The van der Waals surface area contributed by atoms with Gasteiger partial charge < -0.3 is 74.6 Å². The maximum Gasteiger partial charge on any atom is 0.214 e. The third-order valence-corrected chi connectivity index (χ3v) is 24.2. The molecule has 26 heteroatoms. The fourth-order valence-corrected chi connectivity index (χ4v) is 19.7. The van der Waals surface area contributed by atoms with Gasteiger partial charge in [0.1, 0.15) is 51.0 Å². The van der Waals surface area contributed by atoms with E-state index in [2.05, 4.69) is 386 Å². The van der Waals surface area contributed by atoms with Crippen molar-refractivity contribution < 1.29 is 26.7 Å². The van der Waals surface area contributed by atoms with E-state index in [9.17, 15) is 0 Å². The molecule has 0 saturated heterocycles. The molecule has 9 heterocycles. The Balaban J connectivity index is -0.000000690. The lowest BCUT2D eigenvalue weighted by atomic mass is 9.90. The fourth-order valence-electron chi connectivity index (χ4n) is 16.7. The Labute approximate surface area is 813 Å². The maximum atomic E-state index is 5.67. The molecule has 0 bridgehead atoms. The second-order valence-electron chi connectivity index (χ2n) is 41.9. The molecule has 0 radical (unpaired) electrons. The number of furan rings is 1. The van der Waals surface area contributed by atoms with Gasteiger partial charge in [-0.25, -0.2) is 29.9 Å². The summed E-state index contributed by atoms with van der Waals surface area (Å²) in [6.45, 7) is 116. The fraction of sp³-hybridized carbons (Fsp3) is 0.733. The van der Waals surface area contributed by atoms with E-state index in [-0.39, 0.29) is 79.6 Å². The normalized spacial score (nSPS) is 12.1. The van der Waals surface area contributed by atoms with E-state index in [1.54, 1.807) is 34.0 Å². The molecular weight excluding hydrogens is 1690 g/mol. The SMILES string of the molecule is C.C.C.C.Cc1nc(C(C)(C)NC(C)C)c(C)o1.Cc1nc(C(C)(C)NC(C)C)c(C)s1.Cc1nc(C(C)(C)NC(C)C)oc1C.Cc1nc(C(C)(C)NC(C)C)sc1C.Cc1nc(C)c(C(C)(C)NC(C)C)o1.Cc1nc(C)c(C(C)(C)NC(C)C)s1.Cc1noc(C(C)(C)NC(C)C)c1C.Cc1oc(C)c(C(C)(C)NC(C)C)c1C.Cc1onc(C(C)(C)NC(C)C)c1C. The monoisotopic (exact) mass is 1890 g/mol. The summed E-state index contributed by atoms with van der Waals surface area (Å²) in [5.41, 5.74) is 12.5. The Hall–Kier alpha value is -6.14. The van der Waals surface area contributed by atoms with Crippen LogP contribution < -0.4 is 47.9 Å². The lowest BCUT2D eigenvalue weighted by Crippen LogP contribution is -2.41. The molecule has 0 aromatic carbocycles. The van der Waals surface area contributed by atoms with E-state index < -0.39 is 0 Å².